The molecule has 24 heavy (non-hydrogen) atoms. The Labute approximate surface area is 296 Å². The molecule has 14 heteroatoms. The Kier molecular flexibility index (Phi) is 104. The first-order chi connectivity index (χ1) is 6.99. The van der Waals surface area contributed by atoms with E-state index >= 15 is 0 Å². The third-order valence-electron chi connectivity index (χ3n) is 1.77. The van der Waals surface area contributed by atoms with Crippen LogP contribution in [-0.4, -0.2) is 15.0 Å². The second kappa shape index (κ2) is 39.6. The molecule has 0 bridgehead atoms. The summed E-state index contributed by atoms with van der Waals surface area (Å²) in [5, 5.41) is 0. The van der Waals surface area contributed by atoms with Crippen molar-refractivity contribution in [2.24, 2.45) is 3.50 Å². The van der Waals surface area contributed by atoms with Crippen LogP contribution in [0.25, 0.3) is 0 Å². The maximum absolute atomic E-state index is 11.6. The van der Waals surface area contributed by atoms with Crippen molar-refractivity contribution in [3.05, 3.63) is 23.4 Å². The van der Waals surface area contributed by atoms with E-state index in [-0.39, 0.29) is 196 Å². The summed E-state index contributed by atoms with van der Waals surface area (Å²) < 4.78 is 4.72. The van der Waals surface area contributed by atoms with Crippen LogP contribution in [0.1, 0.15) is 27.7 Å². The predicted molar refractivity (Wildman–Crippen MR) is 50.9 cm³/mol. The number of rotatable bonds is 3. The molecule has 0 N–H and O–H groups in total. The van der Waals surface area contributed by atoms with Crippen LogP contribution in [0, 0.1) is 12.2 Å². The van der Waals surface area contributed by atoms with Gasteiger partial charge in [-0.1, -0.05) is 0 Å². The maximum Gasteiger partial charge on any atom is 0 e. The monoisotopic (exact) mass is 2200 g/mol. The van der Waals surface area contributed by atoms with E-state index < -0.39 is 0 Å². The van der Waals surface area contributed by atoms with Gasteiger partial charge >= 0.3 is 113 Å². The van der Waals surface area contributed by atoms with Gasteiger partial charge in [0.15, 0.2) is 0 Å². The molecule has 0 spiro atoms. The summed E-state index contributed by atoms with van der Waals surface area (Å²) in [5.74, 6) is 0. The summed E-state index contributed by atoms with van der Waals surface area (Å²) in [6, 6.07) is -0.226. The van der Waals surface area contributed by atoms with Crippen molar-refractivity contribution >= 4 is 10.1 Å². The third kappa shape index (κ3) is 26.2. The average Bonchev–Trinajstić information content (AvgIpc) is 2.22. The molecule has 0 saturated heterocycles. The molecule has 0 saturated carbocycles. The van der Waals surface area contributed by atoms with Gasteiger partial charge in [-0.3, -0.25) is 0 Å². The largest absolute Gasteiger partial charge is 0 e. The van der Waals surface area contributed by atoms with Crippen molar-refractivity contribution < 1.29 is 233 Å². The average molecular weight is 2200 g/mol. The Balaban J connectivity index is -0.0000000272. The van der Waals surface area contributed by atoms with Crippen LogP contribution in [0.4, 0.5) is 4.79 Å². The fraction of sp³-hybridized carbons (Fsp3) is 0.400. The zero-order valence-electron chi connectivity index (χ0n) is 12.8. The maximum atomic E-state index is 11.6. The molecule has 0 rings (SSSR count). The molecular formula is C10H12N2OW11-2. The van der Waals surface area contributed by atoms with Gasteiger partial charge in [-0.15, -0.1) is 0 Å². The molecule has 0 aromatic rings. The first-order valence-corrected chi connectivity index (χ1v) is 7.01. The fourth-order valence-electron chi connectivity index (χ4n) is 1.01. The molecule has 0 aliphatic rings. The summed E-state index contributed by atoms with van der Waals surface area (Å²) >= 11 is 2.16. The molecule has 0 atom stereocenters. The first-order valence-electron chi connectivity index (χ1n) is 4.24. The van der Waals surface area contributed by atoms with Crippen molar-refractivity contribution in [3.8, 4) is 0 Å². The fourth-order valence-corrected chi connectivity index (χ4v) is 1.92. The minimum atomic E-state index is -0.226. The SMILES string of the molecule is C[C-]=C(C)C(=[C-]C)N(C(=O)[N]=[W])[C](C)=[W].[W].[W].[W].[W].[W].[W].[W].[W].[W]. The summed E-state index contributed by atoms with van der Waals surface area (Å²) in [5.41, 5.74) is 1.66. The molecule has 0 heterocycles. The molecule has 0 aliphatic carbocycles. The Morgan fingerprint density at radius 2 is 1.17 bits per heavy atom. The van der Waals surface area contributed by atoms with Crippen LogP contribution in [0.2, 0.25) is 0 Å². The number of amides is 2. The Morgan fingerprint density at radius 3 is 1.33 bits per heavy atom. The number of urea groups is 1. The number of allylic oxidation sites excluding steroid dienone is 3. The van der Waals surface area contributed by atoms with Crippen molar-refractivity contribution in [1.29, 1.82) is 0 Å². The first kappa shape index (κ1) is 63.1. The van der Waals surface area contributed by atoms with Crippen LogP contribution in [0.15, 0.2) is 14.8 Å². The Morgan fingerprint density at radius 1 is 0.833 bits per heavy atom. The van der Waals surface area contributed by atoms with Crippen LogP contribution < -0.4 is 0 Å². The molecule has 0 unspecified atom stereocenters. The van der Waals surface area contributed by atoms with E-state index in [1.807, 2.05) is 20.8 Å². The zero-order chi connectivity index (χ0) is 12.0. The van der Waals surface area contributed by atoms with Crippen LogP contribution in [0.3, 0.4) is 0 Å². The van der Waals surface area contributed by atoms with Crippen molar-refractivity contribution in [2.75, 3.05) is 0 Å². The molecular weight excluding hydrogens is 2190 g/mol. The molecule has 2 amide bonds. The predicted octanol–water partition coefficient (Wildman–Crippen LogP) is 2.29. The van der Waals surface area contributed by atoms with E-state index in [4.69, 9.17) is 0 Å². The van der Waals surface area contributed by atoms with Gasteiger partial charge in [0, 0.05) is 190 Å². The van der Waals surface area contributed by atoms with Crippen molar-refractivity contribution in [2.45, 2.75) is 27.7 Å². The topological polar surface area (TPSA) is 32.7 Å². The molecule has 3 nitrogen and oxygen atoms in total. The number of hydrogen-bond acceptors (Lipinski definition) is 1. The van der Waals surface area contributed by atoms with E-state index in [2.05, 4.69) is 15.6 Å². The summed E-state index contributed by atoms with van der Waals surface area (Å²) in [6.45, 7) is 7.43. The van der Waals surface area contributed by atoms with E-state index in [0.717, 1.165) is 34.9 Å². The molecule has 0 aliphatic heterocycles. The second-order valence-electron chi connectivity index (χ2n) is 2.70. The zero-order valence-corrected chi connectivity index (χ0v) is 45.1. The molecule has 0 fully saturated rings. The van der Waals surface area contributed by atoms with E-state index in [0.29, 0.717) is 0 Å². The summed E-state index contributed by atoms with van der Waals surface area (Å²) in [6.07, 6.45) is 6.03. The number of hydrogen-bond donors (Lipinski definition) is 0. The standard InChI is InChI=1S/C10H12N2O.11W/c1-5-8(4)9(6-2)12(7-3)10(11)13;;;;;;;;;;;/h1-4H3;;;;;;;;;;;/q-2;;;;;;;;;;;. The smallest absolute Gasteiger partial charge is 0 e. The molecule has 0 radical (unpaired) electrons. The van der Waals surface area contributed by atoms with Crippen molar-refractivity contribution in [1.82, 2.24) is 4.90 Å². The third-order valence-corrected chi connectivity index (χ3v) is 2.99. The number of carbonyl (C=O) groups is 1. The second-order valence-corrected chi connectivity index (χ2v) is 5.48. The van der Waals surface area contributed by atoms with Crippen molar-refractivity contribution in [3.63, 3.8) is 0 Å². The van der Waals surface area contributed by atoms with Gasteiger partial charge in [0.25, 0.3) is 0 Å². The van der Waals surface area contributed by atoms with Gasteiger partial charge in [-0.2, -0.15) is 0 Å². The molecule has 0 aromatic heterocycles. The minimum Gasteiger partial charge on any atom is 0 e. The van der Waals surface area contributed by atoms with Crippen LogP contribution >= 0.6 is 0 Å². The van der Waals surface area contributed by atoms with Gasteiger partial charge in [0.05, 0.1) is 0 Å². The van der Waals surface area contributed by atoms with Gasteiger partial charge in [-0.25, -0.2) is 0 Å². The Bertz CT molecular complexity index is 361. The normalized spacial score (nSPS) is 7.67. The minimum absolute atomic E-state index is 0. The summed E-state index contributed by atoms with van der Waals surface area (Å²) in [4.78, 5) is 13.2. The van der Waals surface area contributed by atoms with Gasteiger partial charge in [-0.05, 0) is 0 Å². The van der Waals surface area contributed by atoms with E-state index in [1.165, 1.54) is 19.4 Å². The molecule has 0 aromatic carbocycles. The summed E-state index contributed by atoms with van der Waals surface area (Å²) in [7, 11) is 0. The van der Waals surface area contributed by atoms with Gasteiger partial charge < -0.3 is 0 Å². The van der Waals surface area contributed by atoms with Gasteiger partial charge in [0.2, 0.25) is 0 Å². The van der Waals surface area contributed by atoms with E-state index in [1.54, 1.807) is 11.8 Å². The Hall–Kier alpha value is 6.19. The van der Waals surface area contributed by atoms with Crippen LogP contribution in [0.5, 0.6) is 0 Å². The van der Waals surface area contributed by atoms with Gasteiger partial charge in [0.1, 0.15) is 0 Å². The van der Waals surface area contributed by atoms with E-state index in [9.17, 15) is 4.79 Å². The quantitative estimate of drug-likeness (QED) is 0.316. The number of carbonyl (C=O) groups excluding carboxylic acids is 1. The van der Waals surface area contributed by atoms with Crippen LogP contribution in [-0.2, 0) is 229 Å². The molecule has 136 valence electrons. The number of nitrogens with zero attached hydrogens (tertiary/aromatic N) is 2.